The summed E-state index contributed by atoms with van der Waals surface area (Å²) in [4.78, 5) is 2.34. The number of benzene rings is 1. The largest absolute Gasteiger partial charge is 0.490 e. The minimum Gasteiger partial charge on any atom is -0.490 e. The number of rotatable bonds is 10. The molecule has 0 fully saturated rings. The molecule has 1 rings (SSSR count). The number of nitrogens with zero attached hydrogens (tertiary/aromatic N) is 1. The van der Waals surface area contributed by atoms with E-state index in [1.54, 1.807) is 0 Å². The molecule has 4 heteroatoms. The van der Waals surface area contributed by atoms with E-state index in [9.17, 15) is 0 Å². The maximum absolute atomic E-state index is 5.86. The van der Waals surface area contributed by atoms with Crippen LogP contribution in [0.2, 0.25) is 0 Å². The summed E-state index contributed by atoms with van der Waals surface area (Å²) in [6, 6.07) is 6.07. The molecule has 0 saturated carbocycles. The number of hydrogen-bond acceptors (Lipinski definition) is 4. The molecule has 0 unspecified atom stereocenters. The first kappa shape index (κ1) is 16.8. The minimum absolute atomic E-state index is 0.637. The van der Waals surface area contributed by atoms with E-state index in [0.717, 1.165) is 37.6 Å². The summed E-state index contributed by atoms with van der Waals surface area (Å²) in [5.74, 6) is 1.64. The number of ether oxygens (including phenoxy) is 2. The third kappa shape index (κ3) is 5.39. The minimum atomic E-state index is 0.637. The predicted molar refractivity (Wildman–Crippen MR) is 83.7 cm³/mol. The highest BCUT2D eigenvalue weighted by Crippen LogP contribution is 2.28. The van der Waals surface area contributed by atoms with Crippen LogP contribution in [0.3, 0.4) is 0 Å². The van der Waals surface area contributed by atoms with E-state index in [0.29, 0.717) is 19.8 Å². The molecule has 0 spiro atoms. The van der Waals surface area contributed by atoms with Crippen molar-refractivity contribution in [1.29, 1.82) is 0 Å². The SMILES string of the molecule is CCOc1cc(CCN)ccc1OCCN(CC)CC. The molecule has 0 radical (unpaired) electrons. The van der Waals surface area contributed by atoms with Gasteiger partial charge in [0.1, 0.15) is 6.61 Å². The van der Waals surface area contributed by atoms with E-state index >= 15 is 0 Å². The summed E-state index contributed by atoms with van der Waals surface area (Å²) in [6.45, 7) is 11.3. The van der Waals surface area contributed by atoms with Crippen LogP contribution in [0.5, 0.6) is 11.5 Å². The molecule has 0 aliphatic heterocycles. The Labute approximate surface area is 122 Å². The van der Waals surface area contributed by atoms with Crippen molar-refractivity contribution in [3.63, 3.8) is 0 Å². The Balaban J connectivity index is 2.63. The summed E-state index contributed by atoms with van der Waals surface area (Å²) in [5, 5.41) is 0. The van der Waals surface area contributed by atoms with Gasteiger partial charge >= 0.3 is 0 Å². The highest BCUT2D eigenvalue weighted by Gasteiger charge is 2.07. The van der Waals surface area contributed by atoms with Gasteiger partial charge in [0.25, 0.3) is 0 Å². The molecule has 0 atom stereocenters. The van der Waals surface area contributed by atoms with E-state index in [1.807, 2.05) is 19.1 Å². The first-order chi connectivity index (χ1) is 9.74. The second-order valence-corrected chi connectivity index (χ2v) is 4.63. The lowest BCUT2D eigenvalue weighted by molar-refractivity contribution is 0.214. The van der Waals surface area contributed by atoms with Gasteiger partial charge in [0.2, 0.25) is 0 Å². The zero-order chi connectivity index (χ0) is 14.8. The van der Waals surface area contributed by atoms with Crippen molar-refractivity contribution in [3.05, 3.63) is 23.8 Å². The number of likely N-dealkylation sites (N-methyl/N-ethyl adjacent to an activating group) is 1. The van der Waals surface area contributed by atoms with Crippen molar-refractivity contribution in [1.82, 2.24) is 4.90 Å². The van der Waals surface area contributed by atoms with Crippen molar-refractivity contribution in [2.24, 2.45) is 5.73 Å². The van der Waals surface area contributed by atoms with Gasteiger partial charge in [-0.15, -0.1) is 0 Å². The Bertz CT molecular complexity index is 379. The molecule has 0 aromatic heterocycles. The van der Waals surface area contributed by atoms with Gasteiger partial charge in [-0.3, -0.25) is 0 Å². The summed E-state index contributed by atoms with van der Waals surface area (Å²) < 4.78 is 11.5. The molecule has 1 aromatic rings. The molecular formula is C16H28N2O2. The van der Waals surface area contributed by atoms with Crippen LogP contribution >= 0.6 is 0 Å². The van der Waals surface area contributed by atoms with Gasteiger partial charge in [-0.05, 0) is 50.7 Å². The standard InChI is InChI=1S/C16H28N2O2/c1-4-18(5-2)11-12-20-15-8-7-14(9-10-17)13-16(15)19-6-3/h7-8,13H,4-6,9-12,17H2,1-3H3. The topological polar surface area (TPSA) is 47.7 Å². The molecule has 1 aromatic carbocycles. The Morgan fingerprint density at radius 1 is 1.05 bits per heavy atom. The summed E-state index contributed by atoms with van der Waals surface area (Å²) >= 11 is 0. The van der Waals surface area contributed by atoms with Crippen molar-refractivity contribution >= 4 is 0 Å². The molecule has 4 nitrogen and oxygen atoms in total. The van der Waals surface area contributed by atoms with E-state index in [1.165, 1.54) is 5.56 Å². The van der Waals surface area contributed by atoms with Gasteiger partial charge < -0.3 is 20.1 Å². The molecule has 0 aliphatic rings. The fourth-order valence-electron chi connectivity index (χ4n) is 2.09. The van der Waals surface area contributed by atoms with Crippen molar-refractivity contribution in [2.45, 2.75) is 27.2 Å². The van der Waals surface area contributed by atoms with E-state index in [-0.39, 0.29) is 0 Å². The number of nitrogens with two attached hydrogens (primary N) is 1. The Kier molecular flexibility index (Phi) is 8.07. The molecular weight excluding hydrogens is 252 g/mol. The average molecular weight is 280 g/mol. The molecule has 20 heavy (non-hydrogen) atoms. The smallest absolute Gasteiger partial charge is 0.161 e. The molecule has 2 N–H and O–H groups in total. The third-order valence-electron chi connectivity index (χ3n) is 3.30. The third-order valence-corrected chi connectivity index (χ3v) is 3.30. The summed E-state index contributed by atoms with van der Waals surface area (Å²) in [7, 11) is 0. The van der Waals surface area contributed by atoms with E-state index in [4.69, 9.17) is 15.2 Å². The summed E-state index contributed by atoms with van der Waals surface area (Å²) in [5.41, 5.74) is 6.78. The Morgan fingerprint density at radius 2 is 1.80 bits per heavy atom. The van der Waals surface area contributed by atoms with E-state index < -0.39 is 0 Å². The quantitative estimate of drug-likeness (QED) is 0.714. The fraction of sp³-hybridized carbons (Fsp3) is 0.625. The van der Waals surface area contributed by atoms with E-state index in [2.05, 4.69) is 24.8 Å². The van der Waals surface area contributed by atoms with Crippen LogP contribution in [-0.4, -0.2) is 44.3 Å². The lowest BCUT2D eigenvalue weighted by Crippen LogP contribution is -2.28. The molecule has 114 valence electrons. The van der Waals surface area contributed by atoms with Gasteiger partial charge in [0.05, 0.1) is 6.61 Å². The highest BCUT2D eigenvalue weighted by molar-refractivity contribution is 5.43. The van der Waals surface area contributed by atoms with Gasteiger partial charge in [0.15, 0.2) is 11.5 Å². The molecule has 0 saturated heterocycles. The lowest BCUT2D eigenvalue weighted by Gasteiger charge is -2.19. The van der Waals surface area contributed by atoms with Crippen molar-refractivity contribution in [3.8, 4) is 11.5 Å². The Hall–Kier alpha value is -1.26. The normalized spacial score (nSPS) is 10.8. The highest BCUT2D eigenvalue weighted by atomic mass is 16.5. The second kappa shape index (κ2) is 9.61. The van der Waals surface area contributed by atoms with Gasteiger partial charge in [-0.1, -0.05) is 19.9 Å². The van der Waals surface area contributed by atoms with Gasteiger partial charge in [0, 0.05) is 6.54 Å². The molecule has 0 bridgehead atoms. The fourth-order valence-corrected chi connectivity index (χ4v) is 2.09. The maximum Gasteiger partial charge on any atom is 0.161 e. The van der Waals surface area contributed by atoms with Gasteiger partial charge in [-0.25, -0.2) is 0 Å². The van der Waals surface area contributed by atoms with Crippen LogP contribution in [0.15, 0.2) is 18.2 Å². The van der Waals surface area contributed by atoms with Crippen molar-refractivity contribution < 1.29 is 9.47 Å². The van der Waals surface area contributed by atoms with Crippen LogP contribution < -0.4 is 15.2 Å². The summed E-state index contributed by atoms with van der Waals surface area (Å²) in [6.07, 6.45) is 0.861. The van der Waals surface area contributed by atoms with Crippen molar-refractivity contribution in [2.75, 3.05) is 39.4 Å². The predicted octanol–water partition coefficient (Wildman–Crippen LogP) is 2.31. The molecule has 0 aliphatic carbocycles. The van der Waals surface area contributed by atoms with Crippen LogP contribution in [-0.2, 0) is 6.42 Å². The van der Waals surface area contributed by atoms with Crippen LogP contribution in [0.25, 0.3) is 0 Å². The molecule has 0 heterocycles. The molecule has 0 amide bonds. The first-order valence-electron chi connectivity index (χ1n) is 7.56. The Morgan fingerprint density at radius 3 is 2.40 bits per heavy atom. The van der Waals surface area contributed by atoms with Crippen LogP contribution in [0, 0.1) is 0 Å². The zero-order valence-corrected chi connectivity index (χ0v) is 13.0. The zero-order valence-electron chi connectivity index (χ0n) is 13.0. The van der Waals surface area contributed by atoms with Gasteiger partial charge in [-0.2, -0.15) is 0 Å². The monoisotopic (exact) mass is 280 g/mol. The van der Waals surface area contributed by atoms with Crippen LogP contribution in [0.4, 0.5) is 0 Å². The maximum atomic E-state index is 5.86. The first-order valence-corrected chi connectivity index (χ1v) is 7.56. The average Bonchev–Trinajstić information content (AvgIpc) is 2.46. The number of hydrogen-bond donors (Lipinski definition) is 1. The second-order valence-electron chi connectivity index (χ2n) is 4.63. The lowest BCUT2D eigenvalue weighted by atomic mass is 10.1. The van der Waals surface area contributed by atoms with Crippen LogP contribution in [0.1, 0.15) is 26.3 Å².